The fourth-order valence-electron chi connectivity index (χ4n) is 3.08. The van der Waals surface area contributed by atoms with Crippen molar-refractivity contribution in [2.45, 2.75) is 39.2 Å². The molecule has 0 radical (unpaired) electrons. The average Bonchev–Trinajstić information content (AvgIpc) is 2.70. The molecular formula is C20H32ClIN4O3. The molecule has 1 heterocycles. The van der Waals surface area contributed by atoms with E-state index in [-0.39, 0.29) is 36.1 Å². The van der Waals surface area contributed by atoms with Gasteiger partial charge in [0, 0.05) is 37.2 Å². The quantitative estimate of drug-likeness (QED) is 0.315. The molecule has 1 saturated heterocycles. The Hall–Kier alpha value is -1.42. The number of benzene rings is 1. The van der Waals surface area contributed by atoms with Crippen LogP contribution in [-0.4, -0.2) is 62.9 Å². The molecule has 0 aromatic heterocycles. The van der Waals surface area contributed by atoms with E-state index >= 15 is 0 Å². The number of hydrogen-bond acceptors (Lipinski definition) is 4. The van der Waals surface area contributed by atoms with E-state index in [1.807, 2.05) is 32.0 Å². The van der Waals surface area contributed by atoms with Gasteiger partial charge in [-0.2, -0.15) is 0 Å². The van der Waals surface area contributed by atoms with Crippen molar-refractivity contribution < 1.29 is 14.3 Å². The Balaban J connectivity index is 0.00000420. The number of carbonyl (C=O) groups is 1. The first kappa shape index (κ1) is 25.6. The van der Waals surface area contributed by atoms with Crippen LogP contribution in [-0.2, 0) is 11.2 Å². The summed E-state index contributed by atoms with van der Waals surface area (Å²) in [5.74, 6) is 1.54. The number of methoxy groups -OCH3 is 1. The zero-order valence-electron chi connectivity index (χ0n) is 17.4. The highest BCUT2D eigenvalue weighted by Crippen LogP contribution is 2.22. The summed E-state index contributed by atoms with van der Waals surface area (Å²) >= 11 is 6.30. The fourth-order valence-corrected chi connectivity index (χ4v) is 3.35. The third kappa shape index (κ3) is 8.46. The molecule has 1 aromatic carbocycles. The van der Waals surface area contributed by atoms with Gasteiger partial charge in [0.25, 0.3) is 0 Å². The lowest BCUT2D eigenvalue weighted by molar-refractivity contribution is 0.0963. The SMILES string of the molecule is CCNC(=NCCc1ccc(OC)cc1Cl)NC1CCN(C(=O)OCC)CC1.I. The van der Waals surface area contributed by atoms with Crippen molar-refractivity contribution in [2.24, 2.45) is 4.99 Å². The molecule has 9 heteroatoms. The average molecular weight is 539 g/mol. The first-order valence-electron chi connectivity index (χ1n) is 9.86. The number of nitrogens with one attached hydrogen (secondary N) is 2. The Morgan fingerprint density at radius 1 is 1.31 bits per heavy atom. The van der Waals surface area contributed by atoms with Crippen molar-refractivity contribution in [3.63, 3.8) is 0 Å². The van der Waals surface area contributed by atoms with Gasteiger partial charge in [0.2, 0.25) is 0 Å². The van der Waals surface area contributed by atoms with Crippen LogP contribution < -0.4 is 15.4 Å². The number of hydrogen-bond donors (Lipinski definition) is 2. The van der Waals surface area contributed by atoms with Crippen LogP contribution in [0, 0.1) is 0 Å². The number of rotatable bonds is 7. The molecule has 1 aromatic rings. The van der Waals surface area contributed by atoms with E-state index in [9.17, 15) is 4.79 Å². The number of halogens is 2. The molecule has 2 N–H and O–H groups in total. The molecule has 1 aliphatic rings. The Kier molecular flexibility index (Phi) is 12.1. The maximum atomic E-state index is 11.8. The Bertz CT molecular complexity index is 667. The molecule has 164 valence electrons. The van der Waals surface area contributed by atoms with Crippen LogP contribution in [0.5, 0.6) is 5.75 Å². The summed E-state index contributed by atoms with van der Waals surface area (Å²) in [5.41, 5.74) is 1.05. The predicted molar refractivity (Wildman–Crippen MR) is 128 cm³/mol. The van der Waals surface area contributed by atoms with E-state index in [1.54, 1.807) is 12.0 Å². The van der Waals surface area contributed by atoms with Crippen molar-refractivity contribution in [3.05, 3.63) is 28.8 Å². The largest absolute Gasteiger partial charge is 0.497 e. The van der Waals surface area contributed by atoms with E-state index in [1.165, 1.54) is 0 Å². The smallest absolute Gasteiger partial charge is 0.409 e. The monoisotopic (exact) mass is 538 g/mol. The minimum absolute atomic E-state index is 0. The highest BCUT2D eigenvalue weighted by atomic mass is 127. The van der Waals surface area contributed by atoms with Gasteiger partial charge in [-0.05, 0) is 50.8 Å². The lowest BCUT2D eigenvalue weighted by Crippen LogP contribution is -2.50. The second kappa shape index (κ2) is 13.7. The number of likely N-dealkylation sites (tertiary alicyclic amines) is 1. The maximum Gasteiger partial charge on any atom is 0.409 e. The van der Waals surface area contributed by atoms with E-state index in [0.29, 0.717) is 31.3 Å². The first-order valence-corrected chi connectivity index (χ1v) is 10.2. The van der Waals surface area contributed by atoms with E-state index < -0.39 is 0 Å². The van der Waals surface area contributed by atoms with Gasteiger partial charge in [0.05, 0.1) is 13.7 Å². The van der Waals surface area contributed by atoms with Gasteiger partial charge in [-0.1, -0.05) is 17.7 Å². The van der Waals surface area contributed by atoms with E-state index in [4.69, 9.17) is 21.1 Å². The van der Waals surface area contributed by atoms with Gasteiger partial charge >= 0.3 is 6.09 Å². The van der Waals surface area contributed by atoms with Crippen LogP contribution in [0.25, 0.3) is 0 Å². The van der Waals surface area contributed by atoms with Gasteiger partial charge in [-0.3, -0.25) is 4.99 Å². The molecule has 7 nitrogen and oxygen atoms in total. The van der Waals surface area contributed by atoms with Gasteiger partial charge in [-0.15, -0.1) is 24.0 Å². The van der Waals surface area contributed by atoms with Gasteiger partial charge in [0.1, 0.15) is 5.75 Å². The van der Waals surface area contributed by atoms with Crippen LogP contribution in [0.4, 0.5) is 4.79 Å². The summed E-state index contributed by atoms with van der Waals surface area (Å²) < 4.78 is 10.2. The number of aliphatic imine (C=N–C) groups is 1. The Labute approximate surface area is 195 Å². The summed E-state index contributed by atoms with van der Waals surface area (Å²) in [7, 11) is 1.63. The maximum absolute atomic E-state index is 11.8. The van der Waals surface area contributed by atoms with Crippen molar-refractivity contribution in [3.8, 4) is 5.75 Å². The highest BCUT2D eigenvalue weighted by molar-refractivity contribution is 14.0. The molecule has 29 heavy (non-hydrogen) atoms. The molecule has 0 saturated carbocycles. The van der Waals surface area contributed by atoms with Crippen molar-refractivity contribution >= 4 is 47.6 Å². The number of guanidine groups is 1. The van der Waals surface area contributed by atoms with Gasteiger partial charge in [0.15, 0.2) is 5.96 Å². The van der Waals surface area contributed by atoms with Crippen LogP contribution >= 0.6 is 35.6 Å². The van der Waals surface area contributed by atoms with Crippen LogP contribution in [0.1, 0.15) is 32.3 Å². The summed E-state index contributed by atoms with van der Waals surface area (Å²) in [6.07, 6.45) is 2.26. The number of nitrogens with zero attached hydrogens (tertiary/aromatic N) is 2. The van der Waals surface area contributed by atoms with Crippen LogP contribution in [0.3, 0.4) is 0 Å². The minimum atomic E-state index is -0.224. The molecule has 1 amide bonds. The predicted octanol–water partition coefficient (Wildman–Crippen LogP) is 3.69. The molecule has 1 aliphatic heterocycles. The third-order valence-electron chi connectivity index (χ3n) is 4.62. The number of amides is 1. The zero-order valence-corrected chi connectivity index (χ0v) is 20.5. The number of ether oxygens (including phenoxy) is 2. The number of piperidine rings is 1. The first-order chi connectivity index (χ1) is 13.6. The molecule has 0 atom stereocenters. The highest BCUT2D eigenvalue weighted by Gasteiger charge is 2.24. The molecule has 1 fully saturated rings. The summed E-state index contributed by atoms with van der Waals surface area (Å²) in [6.45, 7) is 7.08. The summed E-state index contributed by atoms with van der Waals surface area (Å²) in [6, 6.07) is 5.99. The minimum Gasteiger partial charge on any atom is -0.497 e. The van der Waals surface area contributed by atoms with Gasteiger partial charge in [-0.25, -0.2) is 4.79 Å². The second-order valence-electron chi connectivity index (χ2n) is 6.57. The van der Waals surface area contributed by atoms with Crippen molar-refractivity contribution in [1.29, 1.82) is 0 Å². The van der Waals surface area contributed by atoms with Crippen LogP contribution in [0.15, 0.2) is 23.2 Å². The molecular weight excluding hydrogens is 507 g/mol. The van der Waals surface area contributed by atoms with E-state index in [0.717, 1.165) is 43.1 Å². The molecule has 0 spiro atoms. The zero-order chi connectivity index (χ0) is 20.4. The van der Waals surface area contributed by atoms with Crippen LogP contribution in [0.2, 0.25) is 5.02 Å². The van der Waals surface area contributed by atoms with Crippen molar-refractivity contribution in [2.75, 3.05) is 39.9 Å². The summed E-state index contributed by atoms with van der Waals surface area (Å²) in [4.78, 5) is 18.2. The lowest BCUT2D eigenvalue weighted by atomic mass is 10.1. The second-order valence-corrected chi connectivity index (χ2v) is 6.98. The molecule has 2 rings (SSSR count). The number of carbonyl (C=O) groups excluding carboxylic acids is 1. The third-order valence-corrected chi connectivity index (χ3v) is 4.97. The molecule has 0 aliphatic carbocycles. The lowest BCUT2D eigenvalue weighted by Gasteiger charge is -2.32. The molecule has 0 bridgehead atoms. The standard InChI is InChI=1S/C20H31ClN4O3.HI/c1-4-22-19(23-11-8-15-6-7-17(27-3)14-18(15)21)24-16-9-12-25(13-10-16)20(26)28-5-2;/h6-7,14,16H,4-5,8-13H2,1-3H3,(H2,22,23,24);1H. The fraction of sp³-hybridized carbons (Fsp3) is 0.600. The summed E-state index contributed by atoms with van der Waals surface area (Å²) in [5, 5.41) is 7.45. The normalized spacial score (nSPS) is 14.8. The Morgan fingerprint density at radius 2 is 2.03 bits per heavy atom. The van der Waals surface area contributed by atoms with Gasteiger partial charge < -0.3 is 25.0 Å². The van der Waals surface area contributed by atoms with E-state index in [2.05, 4.69) is 15.6 Å². The topological polar surface area (TPSA) is 75.2 Å². The Morgan fingerprint density at radius 3 is 2.62 bits per heavy atom. The molecule has 0 unspecified atom stereocenters. The van der Waals surface area contributed by atoms with Crippen molar-refractivity contribution in [1.82, 2.24) is 15.5 Å².